The normalized spacial score (nSPS) is 15.7. The number of piperazine rings is 1. The number of sulfonamides is 1. The van der Waals surface area contributed by atoms with Crippen LogP contribution in [0.1, 0.15) is 0 Å². The van der Waals surface area contributed by atoms with Crippen LogP contribution in [0.2, 0.25) is 5.02 Å². The second-order valence-corrected chi connectivity index (χ2v) is 8.17. The molecule has 0 N–H and O–H groups in total. The lowest BCUT2D eigenvalue weighted by atomic mass is 10.2. The molecule has 144 valence electrons. The highest BCUT2D eigenvalue weighted by atomic mass is 35.5. The number of non-ortho nitro benzene ring substituents is 1. The first-order valence-electron chi connectivity index (χ1n) is 7.84. The van der Waals surface area contributed by atoms with Crippen LogP contribution in [0.25, 0.3) is 0 Å². The van der Waals surface area contributed by atoms with E-state index in [1.807, 2.05) is 0 Å². The highest BCUT2D eigenvalue weighted by Gasteiger charge is 2.31. The molecule has 1 heterocycles. The van der Waals surface area contributed by atoms with Gasteiger partial charge in [0.05, 0.1) is 21.7 Å². The number of nitrogens with zero attached hydrogens (tertiary/aromatic N) is 3. The zero-order valence-electron chi connectivity index (χ0n) is 13.8. The van der Waals surface area contributed by atoms with E-state index in [0.29, 0.717) is 0 Å². The maximum atomic E-state index is 14.2. The van der Waals surface area contributed by atoms with E-state index in [1.165, 1.54) is 16.4 Å². The van der Waals surface area contributed by atoms with Gasteiger partial charge in [-0.05, 0) is 24.3 Å². The summed E-state index contributed by atoms with van der Waals surface area (Å²) >= 11 is 5.86. The quantitative estimate of drug-likeness (QED) is 0.564. The number of hydrogen-bond acceptors (Lipinski definition) is 5. The predicted octanol–water partition coefficient (Wildman–Crippen LogP) is 3.04. The van der Waals surface area contributed by atoms with Crippen molar-refractivity contribution in [3.05, 3.63) is 63.2 Å². The topological polar surface area (TPSA) is 83.8 Å². The maximum absolute atomic E-state index is 14.2. The van der Waals surface area contributed by atoms with Gasteiger partial charge in [0.25, 0.3) is 5.69 Å². The number of halogens is 3. The highest BCUT2D eigenvalue weighted by Crippen LogP contribution is 2.28. The van der Waals surface area contributed by atoms with E-state index >= 15 is 0 Å². The highest BCUT2D eigenvalue weighted by molar-refractivity contribution is 7.89. The fraction of sp³-hybridized carbons (Fsp3) is 0.250. The van der Waals surface area contributed by atoms with Crippen LogP contribution in [0.5, 0.6) is 0 Å². The largest absolute Gasteiger partial charge is 0.367 e. The summed E-state index contributed by atoms with van der Waals surface area (Å²) in [5.74, 6) is -1.39. The first-order chi connectivity index (χ1) is 12.7. The molecule has 27 heavy (non-hydrogen) atoms. The average molecular weight is 418 g/mol. The van der Waals surface area contributed by atoms with Crippen molar-refractivity contribution >= 4 is 33.0 Å². The molecular weight excluding hydrogens is 404 g/mol. The first kappa shape index (κ1) is 19.5. The summed E-state index contributed by atoms with van der Waals surface area (Å²) in [6, 6.07) is 6.37. The van der Waals surface area contributed by atoms with Gasteiger partial charge in [-0.15, -0.1) is 0 Å². The van der Waals surface area contributed by atoms with E-state index in [2.05, 4.69) is 0 Å². The van der Waals surface area contributed by atoms with Crippen molar-refractivity contribution in [3.8, 4) is 0 Å². The molecule has 1 saturated heterocycles. The summed E-state index contributed by atoms with van der Waals surface area (Å²) in [5.41, 5.74) is -0.194. The zero-order chi connectivity index (χ0) is 19.8. The van der Waals surface area contributed by atoms with E-state index in [0.717, 1.165) is 24.3 Å². The van der Waals surface area contributed by atoms with Crippen molar-refractivity contribution in [1.29, 1.82) is 0 Å². The average Bonchev–Trinajstić information content (AvgIpc) is 2.61. The lowest BCUT2D eigenvalue weighted by Gasteiger charge is -2.35. The Bertz CT molecular complexity index is 995. The Morgan fingerprint density at radius 1 is 1.04 bits per heavy atom. The smallest absolute Gasteiger partial charge is 0.272 e. The molecule has 0 radical (unpaired) electrons. The molecule has 3 rings (SSSR count). The number of anilines is 1. The van der Waals surface area contributed by atoms with Crippen LogP contribution in [0.3, 0.4) is 0 Å². The van der Waals surface area contributed by atoms with E-state index < -0.39 is 26.6 Å². The zero-order valence-corrected chi connectivity index (χ0v) is 15.4. The van der Waals surface area contributed by atoms with E-state index in [1.54, 1.807) is 4.90 Å². The molecule has 0 amide bonds. The van der Waals surface area contributed by atoms with Gasteiger partial charge < -0.3 is 4.90 Å². The Labute approximate surface area is 159 Å². The van der Waals surface area contributed by atoms with Crippen LogP contribution in [-0.4, -0.2) is 43.8 Å². The number of benzene rings is 2. The van der Waals surface area contributed by atoms with E-state index in [9.17, 15) is 27.3 Å². The minimum atomic E-state index is -3.92. The number of rotatable bonds is 4. The van der Waals surface area contributed by atoms with Crippen LogP contribution in [0, 0.1) is 21.7 Å². The summed E-state index contributed by atoms with van der Waals surface area (Å²) in [6.45, 7) is 0.498. The SMILES string of the molecule is O=[N+]([O-])c1ccc(N2CCN(S(=O)(=O)c3ccc(F)cc3Cl)CC2)c(F)c1. The molecular formula is C16H14ClF2N3O4S. The molecule has 2 aromatic rings. The second kappa shape index (κ2) is 7.37. The molecule has 0 aliphatic carbocycles. The number of hydrogen-bond donors (Lipinski definition) is 0. The van der Waals surface area contributed by atoms with Gasteiger partial charge in [-0.2, -0.15) is 4.31 Å². The van der Waals surface area contributed by atoms with E-state index in [4.69, 9.17) is 11.6 Å². The lowest BCUT2D eigenvalue weighted by molar-refractivity contribution is -0.385. The summed E-state index contributed by atoms with van der Waals surface area (Å²) < 4.78 is 53.9. The lowest BCUT2D eigenvalue weighted by Crippen LogP contribution is -2.49. The molecule has 0 bridgehead atoms. The van der Waals surface area contributed by atoms with Gasteiger partial charge in [-0.1, -0.05) is 11.6 Å². The van der Waals surface area contributed by atoms with Crippen molar-refractivity contribution in [3.63, 3.8) is 0 Å². The monoisotopic (exact) mass is 417 g/mol. The standard InChI is InChI=1S/C16H14ClF2N3O4S/c17-13-9-11(18)1-4-16(13)27(25,26)21-7-5-20(6-8-21)15-3-2-12(22(23)24)10-14(15)19/h1-4,9-10H,5-8H2. The van der Waals surface area contributed by atoms with Crippen molar-refractivity contribution in [2.24, 2.45) is 0 Å². The third-order valence-electron chi connectivity index (χ3n) is 4.23. The molecule has 0 spiro atoms. The van der Waals surface area contributed by atoms with Crippen LogP contribution >= 0.6 is 11.6 Å². The minimum absolute atomic E-state index is 0.0620. The van der Waals surface area contributed by atoms with Gasteiger partial charge in [0.1, 0.15) is 10.7 Å². The number of nitro groups is 1. The summed E-state index contributed by atoms with van der Waals surface area (Å²) in [6.07, 6.45) is 0. The van der Waals surface area contributed by atoms with Gasteiger partial charge in [0.15, 0.2) is 5.82 Å². The molecule has 1 fully saturated rings. The van der Waals surface area contributed by atoms with Gasteiger partial charge in [0.2, 0.25) is 10.0 Å². The number of nitro benzene ring substituents is 1. The molecule has 0 aromatic heterocycles. The second-order valence-electron chi connectivity index (χ2n) is 5.86. The minimum Gasteiger partial charge on any atom is -0.367 e. The van der Waals surface area contributed by atoms with Crippen LogP contribution < -0.4 is 4.90 Å². The molecule has 7 nitrogen and oxygen atoms in total. The van der Waals surface area contributed by atoms with E-state index in [-0.39, 0.29) is 47.5 Å². The van der Waals surface area contributed by atoms with Gasteiger partial charge >= 0.3 is 0 Å². The van der Waals surface area contributed by atoms with Crippen LogP contribution in [0.15, 0.2) is 41.3 Å². The Morgan fingerprint density at radius 3 is 2.26 bits per heavy atom. The van der Waals surface area contributed by atoms with Gasteiger partial charge in [-0.25, -0.2) is 17.2 Å². The molecule has 11 heteroatoms. The molecule has 0 saturated carbocycles. The van der Waals surface area contributed by atoms with Gasteiger partial charge in [0, 0.05) is 32.2 Å². The molecule has 1 aliphatic rings. The molecule has 1 aliphatic heterocycles. The van der Waals surface area contributed by atoms with Crippen molar-refractivity contribution in [2.45, 2.75) is 4.90 Å². The summed E-state index contributed by atoms with van der Waals surface area (Å²) in [5, 5.41) is 10.5. The molecule has 0 atom stereocenters. The fourth-order valence-electron chi connectivity index (χ4n) is 2.86. The molecule has 2 aromatic carbocycles. The van der Waals surface area contributed by atoms with Crippen molar-refractivity contribution < 1.29 is 22.1 Å². The third kappa shape index (κ3) is 3.87. The first-order valence-corrected chi connectivity index (χ1v) is 9.66. The predicted molar refractivity (Wildman–Crippen MR) is 95.4 cm³/mol. The fourth-order valence-corrected chi connectivity index (χ4v) is 4.79. The summed E-state index contributed by atoms with van der Waals surface area (Å²) in [7, 11) is -3.92. The van der Waals surface area contributed by atoms with Crippen molar-refractivity contribution in [2.75, 3.05) is 31.1 Å². The Hall–Kier alpha value is -2.30. The van der Waals surface area contributed by atoms with Crippen molar-refractivity contribution in [1.82, 2.24) is 4.31 Å². The Balaban J connectivity index is 1.76. The van der Waals surface area contributed by atoms with Crippen LogP contribution in [0.4, 0.5) is 20.2 Å². The Kier molecular flexibility index (Phi) is 5.31. The summed E-state index contributed by atoms with van der Waals surface area (Å²) in [4.78, 5) is 11.4. The Morgan fingerprint density at radius 2 is 1.70 bits per heavy atom. The molecule has 0 unspecified atom stereocenters. The third-order valence-corrected chi connectivity index (χ3v) is 6.61. The van der Waals surface area contributed by atoms with Gasteiger partial charge in [-0.3, -0.25) is 10.1 Å². The van der Waals surface area contributed by atoms with Crippen LogP contribution in [-0.2, 0) is 10.0 Å². The maximum Gasteiger partial charge on any atom is 0.272 e.